The van der Waals surface area contributed by atoms with E-state index in [9.17, 15) is 14.7 Å². The summed E-state index contributed by atoms with van der Waals surface area (Å²) in [6.45, 7) is 1.81. The summed E-state index contributed by atoms with van der Waals surface area (Å²) in [5, 5.41) is 10.9. The summed E-state index contributed by atoms with van der Waals surface area (Å²) in [6.07, 6.45) is 5.07. The molecule has 3 rings (SSSR count). The van der Waals surface area contributed by atoms with E-state index in [0.29, 0.717) is 12.3 Å². The van der Waals surface area contributed by atoms with Gasteiger partial charge >= 0.3 is 5.97 Å². The Morgan fingerprint density at radius 2 is 2.00 bits per heavy atom. The van der Waals surface area contributed by atoms with Gasteiger partial charge in [-0.3, -0.25) is 9.59 Å². The van der Waals surface area contributed by atoms with E-state index < -0.39 is 23.1 Å². The SMILES string of the molecule is CC12OC(=O)C1(C(O)C1CCCCC1)CC(=O)C2CCCl. The van der Waals surface area contributed by atoms with Crippen LogP contribution in [0.2, 0.25) is 0 Å². The predicted molar refractivity (Wildman–Crippen MR) is 78.0 cm³/mol. The van der Waals surface area contributed by atoms with Gasteiger partial charge in [-0.25, -0.2) is 0 Å². The lowest BCUT2D eigenvalue weighted by molar-refractivity contribution is -0.265. The predicted octanol–water partition coefficient (Wildman–Crippen LogP) is 2.45. The summed E-state index contributed by atoms with van der Waals surface area (Å²) >= 11 is 5.80. The standard InChI is InChI=1S/C16H23ClO4/c1-15-11(7-8-17)12(18)9-16(15,14(20)21-15)13(19)10-5-3-2-4-6-10/h10-11,13,19H,2-9H2,1H3. The second-order valence-electron chi connectivity index (χ2n) is 6.98. The molecule has 4 unspecified atom stereocenters. The first-order chi connectivity index (χ1) is 9.97. The first-order valence-corrected chi connectivity index (χ1v) is 8.51. The van der Waals surface area contributed by atoms with Crippen molar-refractivity contribution in [3.05, 3.63) is 0 Å². The molecule has 21 heavy (non-hydrogen) atoms. The number of alkyl halides is 1. The number of ether oxygens (including phenoxy) is 1. The minimum atomic E-state index is -1.02. The third kappa shape index (κ3) is 1.91. The number of rotatable bonds is 4. The molecular formula is C16H23ClO4. The van der Waals surface area contributed by atoms with Crippen LogP contribution in [0.5, 0.6) is 0 Å². The van der Waals surface area contributed by atoms with Gasteiger partial charge in [-0.15, -0.1) is 11.6 Å². The lowest BCUT2D eigenvalue weighted by Gasteiger charge is -2.56. The van der Waals surface area contributed by atoms with Gasteiger partial charge in [0.05, 0.1) is 12.0 Å². The van der Waals surface area contributed by atoms with Gasteiger partial charge < -0.3 is 9.84 Å². The van der Waals surface area contributed by atoms with Gasteiger partial charge in [0.1, 0.15) is 16.8 Å². The second kappa shape index (κ2) is 5.24. The molecule has 1 saturated heterocycles. The fraction of sp³-hybridized carbons (Fsp3) is 0.875. The zero-order chi connectivity index (χ0) is 15.3. The zero-order valence-corrected chi connectivity index (χ0v) is 13.2. The van der Waals surface area contributed by atoms with E-state index in [4.69, 9.17) is 16.3 Å². The third-order valence-electron chi connectivity index (χ3n) is 6.06. The minimum Gasteiger partial charge on any atom is -0.457 e. The third-order valence-corrected chi connectivity index (χ3v) is 6.28. The van der Waals surface area contributed by atoms with Crippen molar-refractivity contribution in [1.29, 1.82) is 0 Å². The average molecular weight is 315 g/mol. The molecule has 1 N–H and O–H groups in total. The molecule has 118 valence electrons. The molecule has 0 amide bonds. The number of aliphatic hydroxyl groups is 1. The maximum Gasteiger partial charge on any atom is 0.319 e. The van der Waals surface area contributed by atoms with Crippen LogP contribution in [-0.2, 0) is 14.3 Å². The molecule has 0 aromatic heterocycles. The topological polar surface area (TPSA) is 63.6 Å². The summed E-state index contributed by atoms with van der Waals surface area (Å²) in [7, 11) is 0. The van der Waals surface area contributed by atoms with Crippen molar-refractivity contribution in [2.45, 2.75) is 63.6 Å². The highest BCUT2D eigenvalue weighted by molar-refractivity contribution is 6.18. The van der Waals surface area contributed by atoms with E-state index in [-0.39, 0.29) is 24.0 Å². The first-order valence-electron chi connectivity index (χ1n) is 7.97. The van der Waals surface area contributed by atoms with E-state index >= 15 is 0 Å². The average Bonchev–Trinajstić information content (AvgIpc) is 2.65. The van der Waals surface area contributed by atoms with Gasteiger partial charge in [0.15, 0.2) is 0 Å². The Labute approximate surface area is 130 Å². The van der Waals surface area contributed by atoms with Crippen molar-refractivity contribution in [2.24, 2.45) is 17.3 Å². The van der Waals surface area contributed by atoms with Gasteiger partial charge in [0.25, 0.3) is 0 Å². The van der Waals surface area contributed by atoms with E-state index in [0.717, 1.165) is 25.7 Å². The van der Waals surface area contributed by atoms with Crippen molar-refractivity contribution >= 4 is 23.4 Å². The van der Waals surface area contributed by atoms with Crippen LogP contribution in [0, 0.1) is 17.3 Å². The molecule has 4 nitrogen and oxygen atoms in total. The lowest BCUT2D eigenvalue weighted by atomic mass is 9.60. The highest BCUT2D eigenvalue weighted by atomic mass is 35.5. The normalized spacial score (nSPS) is 41.4. The molecule has 0 aromatic rings. The van der Waals surface area contributed by atoms with Gasteiger partial charge in [0.2, 0.25) is 0 Å². The van der Waals surface area contributed by atoms with Crippen LogP contribution in [0.15, 0.2) is 0 Å². The number of ketones is 1. The second-order valence-corrected chi connectivity index (χ2v) is 7.36. The number of esters is 1. The molecule has 0 radical (unpaired) electrons. The molecule has 0 bridgehead atoms. The summed E-state index contributed by atoms with van der Waals surface area (Å²) in [5.74, 6) is -0.286. The van der Waals surface area contributed by atoms with Crippen LogP contribution in [0.1, 0.15) is 51.9 Å². The number of aliphatic hydroxyl groups excluding tert-OH is 1. The maximum atomic E-state index is 12.4. The first kappa shape index (κ1) is 15.3. The van der Waals surface area contributed by atoms with Crippen LogP contribution in [-0.4, -0.2) is 34.4 Å². The molecule has 1 aliphatic heterocycles. The van der Waals surface area contributed by atoms with E-state index in [1.54, 1.807) is 0 Å². The number of carbonyl (C=O) groups excluding carboxylic acids is 2. The highest BCUT2D eigenvalue weighted by Crippen LogP contribution is 2.62. The number of halogens is 1. The molecule has 3 aliphatic rings. The Bertz CT molecular complexity index is 459. The van der Waals surface area contributed by atoms with Crippen LogP contribution in [0.4, 0.5) is 0 Å². The number of Topliss-reactive ketones (excluding diaryl/α,β-unsaturated/α-hetero) is 1. The van der Waals surface area contributed by atoms with Crippen molar-refractivity contribution in [1.82, 2.24) is 0 Å². The molecule has 3 fully saturated rings. The minimum absolute atomic E-state index is 0.0128. The molecule has 2 aliphatic carbocycles. The van der Waals surface area contributed by atoms with Crippen LogP contribution in [0.3, 0.4) is 0 Å². The van der Waals surface area contributed by atoms with Crippen LogP contribution < -0.4 is 0 Å². The Morgan fingerprint density at radius 3 is 2.57 bits per heavy atom. The number of fused-ring (bicyclic) bond motifs is 1. The summed E-state index contributed by atoms with van der Waals surface area (Å²) < 4.78 is 5.42. The molecular weight excluding hydrogens is 292 g/mol. The highest BCUT2D eigenvalue weighted by Gasteiger charge is 2.78. The molecule has 5 heteroatoms. The van der Waals surface area contributed by atoms with Crippen molar-refractivity contribution in [3.8, 4) is 0 Å². The van der Waals surface area contributed by atoms with E-state index in [2.05, 4.69) is 0 Å². The van der Waals surface area contributed by atoms with Gasteiger partial charge in [-0.1, -0.05) is 19.3 Å². The molecule has 1 heterocycles. The summed E-state index contributed by atoms with van der Waals surface area (Å²) in [4.78, 5) is 24.6. The molecule has 2 saturated carbocycles. The fourth-order valence-electron chi connectivity index (χ4n) is 4.78. The summed E-state index contributed by atoms with van der Waals surface area (Å²) in [6, 6.07) is 0. The quantitative estimate of drug-likeness (QED) is 0.639. The lowest BCUT2D eigenvalue weighted by Crippen LogP contribution is -2.70. The molecule has 0 aromatic carbocycles. The summed E-state index contributed by atoms with van der Waals surface area (Å²) in [5.41, 5.74) is -1.89. The Balaban J connectivity index is 1.90. The van der Waals surface area contributed by atoms with Gasteiger partial charge in [-0.05, 0) is 32.1 Å². The fourth-order valence-corrected chi connectivity index (χ4v) is 5.00. The van der Waals surface area contributed by atoms with Gasteiger partial charge in [0, 0.05) is 12.3 Å². The van der Waals surface area contributed by atoms with E-state index in [1.165, 1.54) is 6.42 Å². The largest absolute Gasteiger partial charge is 0.457 e. The zero-order valence-electron chi connectivity index (χ0n) is 12.4. The Hall–Kier alpha value is -0.610. The van der Waals surface area contributed by atoms with Crippen molar-refractivity contribution in [2.75, 3.05) is 5.88 Å². The smallest absolute Gasteiger partial charge is 0.319 e. The van der Waals surface area contributed by atoms with E-state index in [1.807, 2.05) is 6.92 Å². The van der Waals surface area contributed by atoms with Crippen molar-refractivity contribution in [3.63, 3.8) is 0 Å². The van der Waals surface area contributed by atoms with Crippen molar-refractivity contribution < 1.29 is 19.4 Å². The Kier molecular flexibility index (Phi) is 3.81. The number of hydrogen-bond acceptors (Lipinski definition) is 4. The van der Waals surface area contributed by atoms with Crippen LogP contribution in [0.25, 0.3) is 0 Å². The monoisotopic (exact) mass is 314 g/mol. The van der Waals surface area contributed by atoms with Gasteiger partial charge in [-0.2, -0.15) is 0 Å². The molecule has 4 atom stereocenters. The molecule has 0 spiro atoms. The Morgan fingerprint density at radius 1 is 1.33 bits per heavy atom. The maximum absolute atomic E-state index is 12.4. The number of carbonyl (C=O) groups is 2. The number of hydrogen-bond donors (Lipinski definition) is 1. The van der Waals surface area contributed by atoms with Crippen LogP contribution >= 0.6 is 11.6 Å².